The van der Waals surface area contributed by atoms with Gasteiger partial charge in [-0.1, -0.05) is 0 Å². The molecule has 1 aliphatic carbocycles. The summed E-state index contributed by atoms with van der Waals surface area (Å²) in [5.41, 5.74) is 1.46. The number of amides is 3. The van der Waals surface area contributed by atoms with Crippen molar-refractivity contribution in [2.45, 2.75) is 32.1 Å². The maximum Gasteiger partial charge on any atom is 0.319 e. The number of hydrogen-bond donors (Lipinski definition) is 3. The van der Waals surface area contributed by atoms with Crippen LogP contribution in [0, 0.1) is 5.82 Å². The summed E-state index contributed by atoms with van der Waals surface area (Å²) in [5.74, 6) is -1.18. The molecule has 1 aromatic heterocycles. The third kappa shape index (κ3) is 4.37. The van der Waals surface area contributed by atoms with Crippen LogP contribution in [-0.2, 0) is 19.3 Å². The predicted molar refractivity (Wildman–Crippen MR) is 99.3 cm³/mol. The van der Waals surface area contributed by atoms with Crippen LogP contribution in [0.25, 0.3) is 0 Å². The molecule has 0 radical (unpaired) electrons. The van der Waals surface area contributed by atoms with E-state index in [1.807, 2.05) is 0 Å². The summed E-state index contributed by atoms with van der Waals surface area (Å²) in [5, 5.41) is 8.77. The number of hydrogen-bond acceptors (Lipinski definition) is 4. The van der Waals surface area contributed by atoms with E-state index in [1.54, 1.807) is 11.3 Å². The number of aryl methyl sites for hydroxylation is 2. The van der Waals surface area contributed by atoms with Crippen molar-refractivity contribution in [1.29, 1.82) is 0 Å². The molecule has 1 aromatic carbocycles. The molecule has 8 heteroatoms. The van der Waals surface area contributed by atoms with Crippen molar-refractivity contribution < 1.29 is 14.0 Å². The first-order valence-corrected chi connectivity index (χ1v) is 9.42. The maximum atomic E-state index is 13.6. The zero-order valence-corrected chi connectivity index (χ0v) is 15.3. The van der Waals surface area contributed by atoms with Gasteiger partial charge in [-0.05, 0) is 43.9 Å². The van der Waals surface area contributed by atoms with Crippen LogP contribution in [-0.4, -0.2) is 30.5 Å². The largest absolute Gasteiger partial charge is 0.355 e. The molecule has 0 saturated carbocycles. The Morgan fingerprint density at radius 3 is 2.85 bits per heavy atom. The first kappa shape index (κ1) is 18.3. The zero-order valence-electron chi connectivity index (χ0n) is 14.5. The molecule has 3 rings (SSSR count). The number of halogens is 1. The highest BCUT2D eigenvalue weighted by atomic mass is 32.1. The van der Waals surface area contributed by atoms with Crippen molar-refractivity contribution in [2.75, 3.05) is 18.9 Å². The first-order chi connectivity index (χ1) is 12.6. The molecule has 6 nitrogen and oxygen atoms in total. The SMILES string of the molecule is CNC(=O)c1cc(NC(=O)NCCc2nc3c(s2)CCCC3)ccc1F. The van der Waals surface area contributed by atoms with Gasteiger partial charge in [0.25, 0.3) is 5.91 Å². The summed E-state index contributed by atoms with van der Waals surface area (Å²) < 4.78 is 13.6. The molecule has 3 amide bonds. The number of anilines is 1. The topological polar surface area (TPSA) is 83.1 Å². The summed E-state index contributed by atoms with van der Waals surface area (Å²) in [6.45, 7) is 0.460. The lowest BCUT2D eigenvalue weighted by Gasteiger charge is -2.09. The molecule has 0 saturated heterocycles. The second kappa shape index (κ2) is 8.27. The third-order valence-electron chi connectivity index (χ3n) is 4.21. The van der Waals surface area contributed by atoms with Crippen molar-refractivity contribution in [3.05, 3.63) is 45.2 Å². The van der Waals surface area contributed by atoms with Gasteiger partial charge >= 0.3 is 6.03 Å². The summed E-state index contributed by atoms with van der Waals surface area (Å²) in [6.07, 6.45) is 5.27. The van der Waals surface area contributed by atoms with E-state index in [0.29, 0.717) is 18.7 Å². The number of nitrogens with zero attached hydrogens (tertiary/aromatic N) is 1. The van der Waals surface area contributed by atoms with Crippen molar-refractivity contribution in [3.8, 4) is 0 Å². The van der Waals surface area contributed by atoms with E-state index in [2.05, 4.69) is 20.9 Å². The Morgan fingerprint density at radius 2 is 2.08 bits per heavy atom. The number of benzene rings is 1. The summed E-state index contributed by atoms with van der Waals surface area (Å²) in [6, 6.07) is 3.47. The van der Waals surface area contributed by atoms with Gasteiger partial charge in [0, 0.05) is 30.6 Å². The maximum absolute atomic E-state index is 13.6. The fraction of sp³-hybridized carbons (Fsp3) is 0.389. The van der Waals surface area contributed by atoms with Crippen LogP contribution in [0.5, 0.6) is 0 Å². The summed E-state index contributed by atoms with van der Waals surface area (Å²) in [7, 11) is 1.42. The van der Waals surface area contributed by atoms with E-state index in [0.717, 1.165) is 23.9 Å². The number of aromatic nitrogens is 1. The Morgan fingerprint density at radius 1 is 1.27 bits per heavy atom. The highest BCUT2D eigenvalue weighted by Crippen LogP contribution is 2.26. The van der Waals surface area contributed by atoms with E-state index < -0.39 is 17.8 Å². The molecule has 3 N–H and O–H groups in total. The van der Waals surface area contributed by atoms with Gasteiger partial charge in [-0.2, -0.15) is 0 Å². The predicted octanol–water partition coefficient (Wildman–Crippen LogP) is 2.88. The molecular formula is C18H21FN4O2S. The molecule has 1 aliphatic rings. The normalized spacial score (nSPS) is 13.0. The van der Waals surface area contributed by atoms with Crippen LogP contribution in [0.1, 0.15) is 38.8 Å². The highest BCUT2D eigenvalue weighted by molar-refractivity contribution is 7.11. The molecule has 138 valence electrons. The molecule has 0 fully saturated rings. The van der Waals surface area contributed by atoms with E-state index in [4.69, 9.17) is 0 Å². The third-order valence-corrected chi connectivity index (χ3v) is 5.43. The molecule has 0 atom stereocenters. The smallest absolute Gasteiger partial charge is 0.319 e. The average Bonchev–Trinajstić information content (AvgIpc) is 3.05. The van der Waals surface area contributed by atoms with Crippen molar-refractivity contribution >= 4 is 29.0 Å². The molecule has 0 bridgehead atoms. The fourth-order valence-corrected chi connectivity index (χ4v) is 4.04. The lowest BCUT2D eigenvalue weighted by Crippen LogP contribution is -2.30. The molecule has 0 spiro atoms. The Labute approximate surface area is 155 Å². The van der Waals surface area contributed by atoms with Crippen LogP contribution in [0.15, 0.2) is 18.2 Å². The highest BCUT2D eigenvalue weighted by Gasteiger charge is 2.15. The van der Waals surface area contributed by atoms with Gasteiger partial charge in [-0.3, -0.25) is 4.79 Å². The molecule has 2 aromatic rings. The van der Waals surface area contributed by atoms with Crippen LogP contribution < -0.4 is 16.0 Å². The number of carbonyl (C=O) groups is 2. The number of fused-ring (bicyclic) bond motifs is 1. The summed E-state index contributed by atoms with van der Waals surface area (Å²) >= 11 is 1.73. The minimum absolute atomic E-state index is 0.112. The van der Waals surface area contributed by atoms with Crippen molar-refractivity contribution in [3.63, 3.8) is 0 Å². The van der Waals surface area contributed by atoms with Gasteiger partial charge in [-0.15, -0.1) is 11.3 Å². The van der Waals surface area contributed by atoms with Gasteiger partial charge in [-0.25, -0.2) is 14.2 Å². The quantitative estimate of drug-likeness (QED) is 0.750. The Hall–Kier alpha value is -2.48. The first-order valence-electron chi connectivity index (χ1n) is 8.60. The monoisotopic (exact) mass is 376 g/mol. The van der Waals surface area contributed by atoms with Gasteiger partial charge in [0.2, 0.25) is 0 Å². The second-order valence-electron chi connectivity index (χ2n) is 6.09. The van der Waals surface area contributed by atoms with E-state index in [1.165, 1.54) is 42.6 Å². The number of carbonyl (C=O) groups excluding carboxylic acids is 2. The van der Waals surface area contributed by atoms with Crippen LogP contribution in [0.2, 0.25) is 0 Å². The van der Waals surface area contributed by atoms with Crippen molar-refractivity contribution in [2.24, 2.45) is 0 Å². The molecule has 0 unspecified atom stereocenters. The Bertz CT molecular complexity index is 798. The van der Waals surface area contributed by atoms with Gasteiger partial charge < -0.3 is 16.0 Å². The number of urea groups is 1. The molecule has 1 heterocycles. The van der Waals surface area contributed by atoms with Gasteiger partial charge in [0.15, 0.2) is 0 Å². The molecular weight excluding hydrogens is 355 g/mol. The second-order valence-corrected chi connectivity index (χ2v) is 7.26. The average molecular weight is 376 g/mol. The number of rotatable bonds is 5. The van der Waals surface area contributed by atoms with E-state index in [9.17, 15) is 14.0 Å². The van der Waals surface area contributed by atoms with E-state index in [-0.39, 0.29) is 5.56 Å². The van der Waals surface area contributed by atoms with E-state index >= 15 is 0 Å². The lowest BCUT2D eigenvalue weighted by molar-refractivity contribution is 0.0959. The van der Waals surface area contributed by atoms with Gasteiger partial charge in [0.05, 0.1) is 16.3 Å². The van der Waals surface area contributed by atoms with Crippen LogP contribution in [0.4, 0.5) is 14.9 Å². The van der Waals surface area contributed by atoms with Crippen LogP contribution >= 0.6 is 11.3 Å². The standard InChI is InChI=1S/C18H21FN4O2S/c1-20-17(24)12-10-11(6-7-13(12)19)22-18(25)21-9-8-16-23-14-4-2-3-5-15(14)26-16/h6-7,10H,2-5,8-9H2,1H3,(H,20,24)(H2,21,22,25). The minimum atomic E-state index is -0.636. The summed E-state index contributed by atoms with van der Waals surface area (Å²) in [4.78, 5) is 29.6. The number of nitrogens with one attached hydrogen (secondary N) is 3. The molecule has 0 aliphatic heterocycles. The Kier molecular flexibility index (Phi) is 5.82. The van der Waals surface area contributed by atoms with Gasteiger partial charge in [0.1, 0.15) is 5.82 Å². The zero-order chi connectivity index (χ0) is 18.5. The molecule has 26 heavy (non-hydrogen) atoms. The fourth-order valence-electron chi connectivity index (χ4n) is 2.88. The lowest BCUT2D eigenvalue weighted by atomic mass is 10.0. The number of thiazole rings is 1. The van der Waals surface area contributed by atoms with Crippen molar-refractivity contribution in [1.82, 2.24) is 15.6 Å². The van der Waals surface area contributed by atoms with Crippen LogP contribution in [0.3, 0.4) is 0 Å². The Balaban J connectivity index is 1.51. The minimum Gasteiger partial charge on any atom is -0.355 e.